The van der Waals surface area contributed by atoms with Gasteiger partial charge in [0.05, 0.1) is 12.5 Å². The van der Waals surface area contributed by atoms with Crippen LogP contribution in [-0.4, -0.2) is 12.6 Å². The predicted octanol–water partition coefficient (Wildman–Crippen LogP) is 2.93. The number of hydrogen-bond acceptors (Lipinski definition) is 2. The van der Waals surface area contributed by atoms with Gasteiger partial charge in [0, 0.05) is 0 Å². The third-order valence-electron chi connectivity index (χ3n) is 3.62. The second-order valence-electron chi connectivity index (χ2n) is 4.75. The molecule has 0 radical (unpaired) electrons. The Labute approximate surface area is 91.7 Å². The van der Waals surface area contributed by atoms with E-state index in [2.05, 4.69) is 19.1 Å². The molecule has 2 heteroatoms. The smallest absolute Gasteiger partial charge is 0.309 e. The van der Waals surface area contributed by atoms with E-state index in [1.54, 1.807) is 0 Å². The van der Waals surface area contributed by atoms with Crippen molar-refractivity contribution in [3.05, 3.63) is 12.2 Å². The molecule has 0 aromatic heterocycles. The van der Waals surface area contributed by atoms with Crippen LogP contribution in [0.15, 0.2) is 12.2 Å². The summed E-state index contributed by atoms with van der Waals surface area (Å²) in [7, 11) is 0. The largest absolute Gasteiger partial charge is 0.465 e. The van der Waals surface area contributed by atoms with E-state index in [4.69, 9.17) is 4.74 Å². The standard InChI is InChI=1S/C13H20O2/c1-2-3-8-15-13(14)12-9-10-4-6-11(12)7-5-10/h4,6,10-12H,2-3,5,7-9H2,1H3/t10-,11+,12-/m1/s1. The Bertz CT molecular complexity index is 257. The lowest BCUT2D eigenvalue weighted by Gasteiger charge is -2.36. The molecule has 0 amide bonds. The fourth-order valence-electron chi connectivity index (χ4n) is 2.63. The molecule has 3 rings (SSSR count). The summed E-state index contributed by atoms with van der Waals surface area (Å²) in [6, 6.07) is 0. The van der Waals surface area contributed by atoms with Gasteiger partial charge >= 0.3 is 5.97 Å². The Balaban J connectivity index is 1.84. The third kappa shape index (κ3) is 2.42. The van der Waals surface area contributed by atoms with Crippen LogP contribution < -0.4 is 0 Å². The first-order valence-electron chi connectivity index (χ1n) is 6.16. The highest BCUT2D eigenvalue weighted by Crippen LogP contribution is 2.40. The van der Waals surface area contributed by atoms with Gasteiger partial charge in [-0.3, -0.25) is 4.79 Å². The number of rotatable bonds is 4. The molecule has 0 heterocycles. The minimum absolute atomic E-state index is 0.0440. The van der Waals surface area contributed by atoms with E-state index < -0.39 is 0 Å². The van der Waals surface area contributed by atoms with Crippen molar-refractivity contribution in [3.63, 3.8) is 0 Å². The maximum atomic E-state index is 11.8. The molecule has 0 spiro atoms. The summed E-state index contributed by atoms with van der Waals surface area (Å²) in [6.07, 6.45) is 10.0. The zero-order valence-corrected chi connectivity index (χ0v) is 9.45. The van der Waals surface area contributed by atoms with E-state index in [0.717, 1.165) is 19.3 Å². The lowest BCUT2D eigenvalue weighted by atomic mass is 9.69. The van der Waals surface area contributed by atoms with Gasteiger partial charge in [0.15, 0.2) is 0 Å². The number of unbranched alkanes of at least 4 members (excludes halogenated alkanes) is 1. The van der Waals surface area contributed by atoms with Gasteiger partial charge in [-0.15, -0.1) is 0 Å². The topological polar surface area (TPSA) is 26.3 Å². The molecule has 0 N–H and O–H groups in total. The van der Waals surface area contributed by atoms with E-state index in [1.807, 2.05) is 0 Å². The van der Waals surface area contributed by atoms with E-state index in [1.165, 1.54) is 12.8 Å². The number of fused-ring (bicyclic) bond motifs is 2. The average Bonchev–Trinajstić information content (AvgIpc) is 2.30. The van der Waals surface area contributed by atoms with Gasteiger partial charge in [0.2, 0.25) is 0 Å². The van der Waals surface area contributed by atoms with Gasteiger partial charge in [0.1, 0.15) is 0 Å². The quantitative estimate of drug-likeness (QED) is 0.403. The highest BCUT2D eigenvalue weighted by atomic mass is 16.5. The molecule has 0 unspecified atom stereocenters. The highest BCUT2D eigenvalue weighted by Gasteiger charge is 2.37. The van der Waals surface area contributed by atoms with Crippen molar-refractivity contribution in [2.45, 2.75) is 39.0 Å². The van der Waals surface area contributed by atoms with Gasteiger partial charge in [-0.2, -0.15) is 0 Å². The number of carbonyl (C=O) groups is 1. The second kappa shape index (κ2) is 4.82. The Kier molecular flexibility index (Phi) is 3.45. The molecule has 2 nitrogen and oxygen atoms in total. The lowest BCUT2D eigenvalue weighted by Crippen LogP contribution is -2.34. The molecule has 84 valence electrons. The molecule has 0 aromatic carbocycles. The molecular formula is C13H20O2. The van der Waals surface area contributed by atoms with E-state index in [0.29, 0.717) is 18.4 Å². The van der Waals surface area contributed by atoms with Gasteiger partial charge in [-0.25, -0.2) is 0 Å². The summed E-state index contributed by atoms with van der Waals surface area (Å²) in [5, 5.41) is 0. The molecule has 0 aromatic rings. The summed E-state index contributed by atoms with van der Waals surface area (Å²) >= 11 is 0. The normalized spacial score (nSPS) is 33.0. The second-order valence-corrected chi connectivity index (χ2v) is 4.75. The van der Waals surface area contributed by atoms with Crippen LogP contribution in [0.1, 0.15) is 39.0 Å². The maximum Gasteiger partial charge on any atom is 0.309 e. The van der Waals surface area contributed by atoms with Crippen LogP contribution >= 0.6 is 0 Å². The predicted molar refractivity (Wildman–Crippen MR) is 59.3 cm³/mol. The average molecular weight is 208 g/mol. The zero-order chi connectivity index (χ0) is 10.7. The lowest BCUT2D eigenvalue weighted by molar-refractivity contribution is -0.152. The van der Waals surface area contributed by atoms with Gasteiger partial charge < -0.3 is 4.74 Å². The maximum absolute atomic E-state index is 11.8. The number of ether oxygens (including phenoxy) is 1. The molecule has 1 saturated carbocycles. The highest BCUT2D eigenvalue weighted by molar-refractivity contribution is 5.73. The van der Waals surface area contributed by atoms with Crippen molar-refractivity contribution in [1.82, 2.24) is 0 Å². The Morgan fingerprint density at radius 2 is 2.27 bits per heavy atom. The summed E-state index contributed by atoms with van der Waals surface area (Å²) in [6.45, 7) is 2.71. The van der Waals surface area contributed by atoms with Crippen LogP contribution in [0.3, 0.4) is 0 Å². The summed E-state index contributed by atoms with van der Waals surface area (Å²) < 4.78 is 5.30. The van der Waals surface area contributed by atoms with E-state index in [9.17, 15) is 4.79 Å². The summed E-state index contributed by atoms with van der Waals surface area (Å²) in [5.74, 6) is 1.30. The monoisotopic (exact) mass is 208 g/mol. The minimum Gasteiger partial charge on any atom is -0.465 e. The van der Waals surface area contributed by atoms with Crippen molar-refractivity contribution in [2.24, 2.45) is 17.8 Å². The number of allylic oxidation sites excluding steroid dienone is 2. The van der Waals surface area contributed by atoms with Crippen LogP contribution in [0.25, 0.3) is 0 Å². The van der Waals surface area contributed by atoms with Crippen molar-refractivity contribution < 1.29 is 9.53 Å². The number of hydrogen-bond donors (Lipinski definition) is 0. The molecule has 15 heavy (non-hydrogen) atoms. The van der Waals surface area contributed by atoms with Crippen LogP contribution in [0.4, 0.5) is 0 Å². The van der Waals surface area contributed by atoms with Crippen molar-refractivity contribution in [1.29, 1.82) is 0 Å². The molecule has 3 aliphatic carbocycles. The Hall–Kier alpha value is -0.790. The fourth-order valence-corrected chi connectivity index (χ4v) is 2.63. The Morgan fingerprint density at radius 1 is 1.40 bits per heavy atom. The Morgan fingerprint density at radius 3 is 2.80 bits per heavy atom. The third-order valence-corrected chi connectivity index (χ3v) is 3.62. The van der Waals surface area contributed by atoms with Crippen molar-refractivity contribution in [3.8, 4) is 0 Å². The molecule has 0 aliphatic heterocycles. The van der Waals surface area contributed by atoms with Crippen molar-refractivity contribution >= 4 is 5.97 Å². The molecule has 3 atom stereocenters. The van der Waals surface area contributed by atoms with Crippen LogP contribution in [0.2, 0.25) is 0 Å². The van der Waals surface area contributed by atoms with Gasteiger partial charge in [-0.05, 0) is 37.5 Å². The molecule has 3 aliphatic rings. The summed E-state index contributed by atoms with van der Waals surface area (Å²) in [5.41, 5.74) is 0. The van der Waals surface area contributed by atoms with Crippen LogP contribution in [0.5, 0.6) is 0 Å². The minimum atomic E-state index is 0.0440. The van der Waals surface area contributed by atoms with Crippen LogP contribution in [0, 0.1) is 17.8 Å². The van der Waals surface area contributed by atoms with Crippen LogP contribution in [-0.2, 0) is 9.53 Å². The molecular weight excluding hydrogens is 188 g/mol. The van der Waals surface area contributed by atoms with Gasteiger partial charge in [0.25, 0.3) is 0 Å². The zero-order valence-electron chi connectivity index (χ0n) is 9.45. The SMILES string of the molecule is CCCCOC(=O)[C@@H]1C[C@@H]2C=C[C@H]1CC2. The van der Waals surface area contributed by atoms with E-state index >= 15 is 0 Å². The molecule has 2 bridgehead atoms. The fraction of sp³-hybridized carbons (Fsp3) is 0.769. The summed E-state index contributed by atoms with van der Waals surface area (Å²) in [4.78, 5) is 11.8. The first kappa shape index (κ1) is 10.7. The first-order valence-corrected chi connectivity index (χ1v) is 6.16. The van der Waals surface area contributed by atoms with Gasteiger partial charge in [-0.1, -0.05) is 25.5 Å². The molecule has 1 fully saturated rings. The van der Waals surface area contributed by atoms with Crippen molar-refractivity contribution in [2.75, 3.05) is 6.61 Å². The molecule has 0 saturated heterocycles. The number of esters is 1. The first-order chi connectivity index (χ1) is 7.31. The van der Waals surface area contributed by atoms with E-state index in [-0.39, 0.29) is 11.9 Å². The number of carbonyl (C=O) groups excluding carboxylic acids is 1.